The minimum atomic E-state index is -0.189. The van der Waals surface area contributed by atoms with Gasteiger partial charge in [-0.2, -0.15) is 0 Å². The molecule has 2 heterocycles. The van der Waals surface area contributed by atoms with Crippen LogP contribution in [0.2, 0.25) is 0 Å². The molecule has 1 aromatic carbocycles. The topological polar surface area (TPSA) is 54.0 Å². The molecule has 1 aliphatic heterocycles. The number of nitrogens with zero attached hydrogens (tertiary/aromatic N) is 1. The van der Waals surface area contributed by atoms with Crippen molar-refractivity contribution in [3.8, 4) is 0 Å². The van der Waals surface area contributed by atoms with Crippen LogP contribution in [0.3, 0.4) is 0 Å². The minimum absolute atomic E-state index is 0. The largest absolute Gasteiger partial charge is 0.323 e. The molecular formula is C16H18ClN3O. The van der Waals surface area contributed by atoms with E-state index in [0.717, 1.165) is 24.3 Å². The molecule has 21 heavy (non-hydrogen) atoms. The van der Waals surface area contributed by atoms with Crippen molar-refractivity contribution in [1.29, 1.82) is 0 Å². The Balaban J connectivity index is 0.00000161. The third kappa shape index (κ3) is 3.60. The van der Waals surface area contributed by atoms with Crippen LogP contribution < -0.4 is 10.6 Å². The molecule has 1 aliphatic rings. The third-order valence-corrected chi connectivity index (χ3v) is 3.58. The Morgan fingerprint density at radius 3 is 2.71 bits per heavy atom. The number of carbonyl (C=O) groups is 1. The van der Waals surface area contributed by atoms with E-state index < -0.39 is 0 Å². The molecule has 0 saturated heterocycles. The fourth-order valence-electron chi connectivity index (χ4n) is 2.41. The summed E-state index contributed by atoms with van der Waals surface area (Å²) in [5, 5.41) is 6.18. The molecule has 2 aromatic rings. The zero-order valence-electron chi connectivity index (χ0n) is 11.8. The number of aryl methyl sites for hydroxylation is 1. The van der Waals surface area contributed by atoms with Crippen molar-refractivity contribution in [3.63, 3.8) is 0 Å². The van der Waals surface area contributed by atoms with Crippen molar-refractivity contribution in [2.45, 2.75) is 25.9 Å². The van der Waals surface area contributed by atoms with E-state index in [1.807, 2.05) is 31.2 Å². The number of anilines is 1. The number of aromatic nitrogens is 1. The molecule has 3 rings (SSSR count). The van der Waals surface area contributed by atoms with Gasteiger partial charge in [0, 0.05) is 12.2 Å². The van der Waals surface area contributed by atoms with E-state index in [0.29, 0.717) is 0 Å². The third-order valence-electron chi connectivity index (χ3n) is 3.58. The molecule has 0 saturated carbocycles. The maximum Gasteiger partial charge on any atom is 0.241 e. The molecule has 0 spiro atoms. The number of halogens is 1. The molecule has 0 fully saturated rings. The smallest absolute Gasteiger partial charge is 0.241 e. The number of hydrogen-bond acceptors (Lipinski definition) is 3. The molecule has 0 radical (unpaired) electrons. The molecule has 1 atom stereocenters. The summed E-state index contributed by atoms with van der Waals surface area (Å²) < 4.78 is 0. The Morgan fingerprint density at radius 2 is 2.00 bits per heavy atom. The van der Waals surface area contributed by atoms with E-state index in [9.17, 15) is 4.79 Å². The highest BCUT2D eigenvalue weighted by Crippen LogP contribution is 2.17. The van der Waals surface area contributed by atoms with Crippen LogP contribution in [0, 0.1) is 6.92 Å². The van der Waals surface area contributed by atoms with Crippen LogP contribution in [-0.4, -0.2) is 16.9 Å². The second kappa shape index (κ2) is 6.70. The number of benzene rings is 1. The first-order valence-electron chi connectivity index (χ1n) is 6.76. The second-order valence-corrected chi connectivity index (χ2v) is 5.08. The summed E-state index contributed by atoms with van der Waals surface area (Å²) in [5.74, 6) is -0.00911. The Labute approximate surface area is 130 Å². The van der Waals surface area contributed by atoms with Crippen molar-refractivity contribution in [2.75, 3.05) is 5.32 Å². The highest BCUT2D eigenvalue weighted by atomic mass is 35.5. The van der Waals surface area contributed by atoms with Gasteiger partial charge in [-0.25, -0.2) is 0 Å². The summed E-state index contributed by atoms with van der Waals surface area (Å²) in [7, 11) is 0. The van der Waals surface area contributed by atoms with E-state index in [-0.39, 0.29) is 24.4 Å². The van der Waals surface area contributed by atoms with Crippen molar-refractivity contribution in [3.05, 3.63) is 59.4 Å². The standard InChI is InChI=1S/C16H17N3O.ClH/c1-11-6-7-14(10-17-11)19-16(20)15-8-12-4-2-3-5-13(12)9-18-15;/h2-7,10,15,18H,8-9H2,1H3,(H,19,20);1H. The van der Waals surface area contributed by atoms with Crippen molar-refractivity contribution in [1.82, 2.24) is 10.3 Å². The number of hydrogen-bond donors (Lipinski definition) is 2. The van der Waals surface area contributed by atoms with E-state index in [1.165, 1.54) is 11.1 Å². The van der Waals surface area contributed by atoms with Gasteiger partial charge in [-0.1, -0.05) is 24.3 Å². The summed E-state index contributed by atoms with van der Waals surface area (Å²) in [6.45, 7) is 2.66. The summed E-state index contributed by atoms with van der Waals surface area (Å²) in [6.07, 6.45) is 2.41. The number of nitrogens with one attached hydrogen (secondary N) is 2. The quantitative estimate of drug-likeness (QED) is 0.896. The molecule has 0 aliphatic carbocycles. The van der Waals surface area contributed by atoms with Crippen molar-refractivity contribution in [2.24, 2.45) is 0 Å². The van der Waals surface area contributed by atoms with Gasteiger partial charge in [0.2, 0.25) is 5.91 Å². The van der Waals surface area contributed by atoms with Crippen LogP contribution in [-0.2, 0) is 17.8 Å². The summed E-state index contributed by atoms with van der Waals surface area (Å²) in [6, 6.07) is 11.8. The summed E-state index contributed by atoms with van der Waals surface area (Å²) in [5.41, 5.74) is 4.19. The van der Waals surface area contributed by atoms with Gasteiger partial charge in [0.05, 0.1) is 17.9 Å². The monoisotopic (exact) mass is 303 g/mol. The van der Waals surface area contributed by atoms with Crippen molar-refractivity contribution < 1.29 is 4.79 Å². The van der Waals surface area contributed by atoms with Gasteiger partial charge in [0.1, 0.15) is 0 Å². The van der Waals surface area contributed by atoms with Crippen LogP contribution in [0.4, 0.5) is 5.69 Å². The Hall–Kier alpha value is -1.91. The zero-order chi connectivity index (χ0) is 13.9. The van der Waals surface area contributed by atoms with Gasteiger partial charge < -0.3 is 10.6 Å². The lowest BCUT2D eigenvalue weighted by Crippen LogP contribution is -2.44. The van der Waals surface area contributed by atoms with Crippen LogP contribution in [0.15, 0.2) is 42.6 Å². The Bertz CT molecular complexity index is 628. The maximum atomic E-state index is 12.3. The lowest BCUT2D eigenvalue weighted by Gasteiger charge is -2.25. The van der Waals surface area contributed by atoms with Gasteiger partial charge in [-0.3, -0.25) is 9.78 Å². The predicted octanol–water partition coefficient (Wildman–Crippen LogP) is 2.46. The normalized spacial score (nSPS) is 16.5. The van der Waals surface area contributed by atoms with Gasteiger partial charge >= 0.3 is 0 Å². The fourth-order valence-corrected chi connectivity index (χ4v) is 2.41. The number of pyridine rings is 1. The maximum absolute atomic E-state index is 12.3. The molecule has 5 heteroatoms. The van der Waals surface area contributed by atoms with Gasteiger partial charge in [-0.15, -0.1) is 12.4 Å². The summed E-state index contributed by atoms with van der Waals surface area (Å²) in [4.78, 5) is 16.4. The fraction of sp³-hybridized carbons (Fsp3) is 0.250. The van der Waals surface area contributed by atoms with Crippen LogP contribution >= 0.6 is 12.4 Å². The lowest BCUT2D eigenvalue weighted by atomic mass is 9.95. The molecule has 1 amide bonds. The number of fused-ring (bicyclic) bond motifs is 1. The molecule has 1 aromatic heterocycles. The SMILES string of the molecule is Cc1ccc(NC(=O)C2Cc3ccccc3CN2)cn1.Cl. The predicted molar refractivity (Wildman–Crippen MR) is 85.6 cm³/mol. The van der Waals surface area contributed by atoms with Crippen molar-refractivity contribution >= 4 is 24.0 Å². The first-order valence-corrected chi connectivity index (χ1v) is 6.76. The first kappa shape index (κ1) is 15.5. The van der Waals surface area contributed by atoms with E-state index in [1.54, 1.807) is 6.20 Å². The highest BCUT2D eigenvalue weighted by Gasteiger charge is 2.23. The van der Waals surface area contributed by atoms with Crippen LogP contribution in [0.5, 0.6) is 0 Å². The lowest BCUT2D eigenvalue weighted by molar-refractivity contribution is -0.118. The van der Waals surface area contributed by atoms with E-state index in [2.05, 4.69) is 27.8 Å². The number of carbonyl (C=O) groups excluding carboxylic acids is 1. The van der Waals surface area contributed by atoms with Crippen LogP contribution in [0.25, 0.3) is 0 Å². The average Bonchev–Trinajstić information content (AvgIpc) is 2.49. The Morgan fingerprint density at radius 1 is 1.24 bits per heavy atom. The molecule has 2 N–H and O–H groups in total. The first-order chi connectivity index (χ1) is 9.72. The molecule has 110 valence electrons. The van der Waals surface area contributed by atoms with Gasteiger partial charge in [-0.05, 0) is 36.6 Å². The Kier molecular flexibility index (Phi) is 4.94. The zero-order valence-corrected chi connectivity index (χ0v) is 12.6. The van der Waals surface area contributed by atoms with E-state index in [4.69, 9.17) is 0 Å². The number of amides is 1. The summed E-state index contributed by atoms with van der Waals surface area (Å²) >= 11 is 0. The average molecular weight is 304 g/mol. The number of rotatable bonds is 2. The van der Waals surface area contributed by atoms with Gasteiger partial charge in [0.25, 0.3) is 0 Å². The second-order valence-electron chi connectivity index (χ2n) is 5.08. The van der Waals surface area contributed by atoms with Crippen LogP contribution in [0.1, 0.15) is 16.8 Å². The molecule has 1 unspecified atom stereocenters. The molecule has 4 nitrogen and oxygen atoms in total. The minimum Gasteiger partial charge on any atom is -0.323 e. The van der Waals surface area contributed by atoms with E-state index >= 15 is 0 Å². The highest BCUT2D eigenvalue weighted by molar-refractivity contribution is 5.95. The molecular weight excluding hydrogens is 286 g/mol. The molecule has 0 bridgehead atoms. The van der Waals surface area contributed by atoms with Gasteiger partial charge in [0.15, 0.2) is 0 Å².